The lowest BCUT2D eigenvalue weighted by Crippen LogP contribution is -2.33. The quantitative estimate of drug-likeness (QED) is 0.484. The molecule has 0 saturated heterocycles. The summed E-state index contributed by atoms with van der Waals surface area (Å²) < 4.78 is 0. The minimum atomic E-state index is 0.221. The molecular weight excluding hydrogens is 266 g/mol. The second-order valence-electron chi connectivity index (χ2n) is 7.25. The fourth-order valence-electron chi connectivity index (χ4n) is 2.63. The molecule has 0 heterocycles. The van der Waals surface area contributed by atoms with Gasteiger partial charge in [-0.25, -0.2) is 0 Å². The van der Waals surface area contributed by atoms with Gasteiger partial charge >= 0.3 is 0 Å². The molecule has 1 aliphatic carbocycles. The summed E-state index contributed by atoms with van der Waals surface area (Å²) in [5, 5.41) is 3.70. The van der Waals surface area contributed by atoms with Crippen molar-refractivity contribution in [1.82, 2.24) is 5.32 Å². The summed E-state index contributed by atoms with van der Waals surface area (Å²) in [4.78, 5) is 0. The van der Waals surface area contributed by atoms with E-state index in [4.69, 9.17) is 6.42 Å². The van der Waals surface area contributed by atoms with Crippen LogP contribution < -0.4 is 5.32 Å². The molecule has 0 aromatic carbocycles. The van der Waals surface area contributed by atoms with Gasteiger partial charge in [0.1, 0.15) is 0 Å². The maximum Gasteiger partial charge on any atom is 0.0461 e. The Kier molecular flexibility index (Phi) is 8.28. The normalized spacial score (nSPS) is 20.2. The van der Waals surface area contributed by atoms with Crippen LogP contribution >= 0.6 is 0 Å². The first kappa shape index (κ1) is 18.8. The van der Waals surface area contributed by atoms with Crippen molar-refractivity contribution in [2.24, 2.45) is 17.8 Å². The van der Waals surface area contributed by atoms with Gasteiger partial charge in [0.25, 0.3) is 0 Å². The van der Waals surface area contributed by atoms with E-state index < -0.39 is 0 Å². The molecule has 3 atom stereocenters. The third-order valence-corrected chi connectivity index (χ3v) is 4.09. The topological polar surface area (TPSA) is 12.0 Å². The molecule has 1 rings (SSSR count). The van der Waals surface area contributed by atoms with E-state index in [1.807, 2.05) is 0 Å². The SMILES string of the molecule is C#CC(CC(CC=C(C)C)NCC(C)C)C1=CCC(C)C=C1. The molecule has 1 N–H and O–H groups in total. The van der Waals surface area contributed by atoms with Gasteiger partial charge < -0.3 is 5.32 Å². The van der Waals surface area contributed by atoms with Crippen LogP contribution in [0, 0.1) is 30.1 Å². The van der Waals surface area contributed by atoms with E-state index in [-0.39, 0.29) is 5.92 Å². The zero-order valence-electron chi connectivity index (χ0n) is 15.0. The highest BCUT2D eigenvalue weighted by atomic mass is 14.9. The van der Waals surface area contributed by atoms with Crippen molar-refractivity contribution >= 4 is 0 Å². The van der Waals surface area contributed by atoms with Crippen LogP contribution in [0.5, 0.6) is 0 Å². The van der Waals surface area contributed by atoms with Crippen molar-refractivity contribution in [3.05, 3.63) is 35.5 Å². The predicted molar refractivity (Wildman–Crippen MR) is 98.6 cm³/mol. The van der Waals surface area contributed by atoms with Crippen LogP contribution in [0.15, 0.2) is 35.5 Å². The molecule has 0 aliphatic heterocycles. The molecule has 3 unspecified atom stereocenters. The fourth-order valence-corrected chi connectivity index (χ4v) is 2.63. The van der Waals surface area contributed by atoms with Crippen molar-refractivity contribution in [2.45, 2.75) is 59.9 Å². The largest absolute Gasteiger partial charge is 0.313 e. The number of allylic oxidation sites excluding steroid dienone is 5. The average Bonchev–Trinajstić information content (AvgIpc) is 2.47. The summed E-state index contributed by atoms with van der Waals surface area (Å²) in [7, 11) is 0. The van der Waals surface area contributed by atoms with Crippen LogP contribution in [0.3, 0.4) is 0 Å². The molecule has 22 heavy (non-hydrogen) atoms. The lowest BCUT2D eigenvalue weighted by molar-refractivity contribution is 0.423. The van der Waals surface area contributed by atoms with Crippen molar-refractivity contribution in [1.29, 1.82) is 0 Å². The monoisotopic (exact) mass is 299 g/mol. The molecule has 1 aliphatic rings. The minimum absolute atomic E-state index is 0.221. The van der Waals surface area contributed by atoms with E-state index in [2.05, 4.69) is 70.2 Å². The molecule has 1 nitrogen and oxygen atoms in total. The van der Waals surface area contributed by atoms with Crippen molar-refractivity contribution in [3.8, 4) is 12.3 Å². The standard InChI is InChI=1S/C21H33N/c1-7-19(20-11-9-18(6)10-12-20)14-21(13-8-16(2)3)22-15-17(4)5/h1,8-9,11-12,17-19,21-22H,10,13-15H2,2-6H3. The van der Waals surface area contributed by atoms with Crippen molar-refractivity contribution < 1.29 is 0 Å². The Balaban J connectivity index is 2.70. The predicted octanol–water partition coefficient (Wildman–Crippen LogP) is 5.12. The van der Waals surface area contributed by atoms with E-state index >= 15 is 0 Å². The van der Waals surface area contributed by atoms with E-state index in [1.165, 1.54) is 11.1 Å². The Morgan fingerprint density at radius 2 is 2.18 bits per heavy atom. The Morgan fingerprint density at radius 1 is 1.45 bits per heavy atom. The molecule has 122 valence electrons. The van der Waals surface area contributed by atoms with Gasteiger partial charge in [-0.1, -0.05) is 56.6 Å². The Hall–Kier alpha value is -1.26. The van der Waals surface area contributed by atoms with Crippen LogP contribution in [0.2, 0.25) is 0 Å². The molecule has 0 aromatic heterocycles. The number of rotatable bonds is 8. The molecule has 0 bridgehead atoms. The average molecular weight is 300 g/mol. The second kappa shape index (κ2) is 9.70. The van der Waals surface area contributed by atoms with Gasteiger partial charge in [-0.3, -0.25) is 0 Å². The lowest BCUT2D eigenvalue weighted by Gasteiger charge is -2.24. The Morgan fingerprint density at radius 3 is 2.68 bits per heavy atom. The van der Waals surface area contributed by atoms with Gasteiger partial charge in [0.15, 0.2) is 0 Å². The zero-order valence-corrected chi connectivity index (χ0v) is 15.0. The molecule has 1 heteroatoms. The van der Waals surface area contributed by atoms with Gasteiger partial charge in [-0.2, -0.15) is 0 Å². The van der Waals surface area contributed by atoms with E-state index in [0.717, 1.165) is 25.8 Å². The Bertz CT molecular complexity index is 455. The van der Waals surface area contributed by atoms with E-state index in [1.54, 1.807) is 0 Å². The third kappa shape index (κ3) is 7.14. The first-order valence-electron chi connectivity index (χ1n) is 8.63. The number of hydrogen-bond donors (Lipinski definition) is 1. The van der Waals surface area contributed by atoms with Gasteiger partial charge in [0, 0.05) is 12.0 Å². The molecule has 0 amide bonds. The van der Waals surface area contributed by atoms with Crippen molar-refractivity contribution in [3.63, 3.8) is 0 Å². The summed E-state index contributed by atoms with van der Waals surface area (Å²) in [5.74, 6) is 4.54. The van der Waals surface area contributed by atoms with E-state index in [0.29, 0.717) is 17.9 Å². The first-order chi connectivity index (χ1) is 10.4. The maximum absolute atomic E-state index is 5.83. The highest BCUT2D eigenvalue weighted by molar-refractivity contribution is 5.31. The summed E-state index contributed by atoms with van der Waals surface area (Å²) in [6.07, 6.45) is 18.2. The van der Waals surface area contributed by atoms with Gasteiger partial charge in [0.05, 0.1) is 0 Å². The van der Waals surface area contributed by atoms with Crippen LogP contribution in [0.25, 0.3) is 0 Å². The minimum Gasteiger partial charge on any atom is -0.313 e. The summed E-state index contributed by atoms with van der Waals surface area (Å²) in [5.41, 5.74) is 2.70. The molecule has 0 aromatic rings. The molecule has 0 fully saturated rings. The lowest BCUT2D eigenvalue weighted by atomic mass is 9.86. The Labute approximate surface area is 138 Å². The second-order valence-corrected chi connectivity index (χ2v) is 7.25. The van der Waals surface area contributed by atoms with Crippen LogP contribution in [0.4, 0.5) is 0 Å². The first-order valence-corrected chi connectivity index (χ1v) is 8.63. The van der Waals surface area contributed by atoms with Gasteiger partial charge in [-0.15, -0.1) is 6.42 Å². The number of terminal acetylenes is 1. The fraction of sp³-hybridized carbons (Fsp3) is 0.619. The molecule has 0 spiro atoms. The summed E-state index contributed by atoms with van der Waals surface area (Å²) in [6.45, 7) is 12.1. The summed E-state index contributed by atoms with van der Waals surface area (Å²) >= 11 is 0. The van der Waals surface area contributed by atoms with Gasteiger partial charge in [-0.05, 0) is 57.1 Å². The number of nitrogens with one attached hydrogen (secondary N) is 1. The summed E-state index contributed by atoms with van der Waals surface area (Å²) in [6, 6.07) is 0.451. The molecular formula is C21H33N. The number of hydrogen-bond acceptors (Lipinski definition) is 1. The molecule has 0 saturated carbocycles. The maximum atomic E-state index is 5.83. The highest BCUT2D eigenvalue weighted by Gasteiger charge is 2.18. The van der Waals surface area contributed by atoms with Crippen LogP contribution in [-0.4, -0.2) is 12.6 Å². The van der Waals surface area contributed by atoms with Crippen LogP contribution in [0.1, 0.15) is 53.9 Å². The van der Waals surface area contributed by atoms with E-state index in [9.17, 15) is 0 Å². The zero-order chi connectivity index (χ0) is 16.5. The highest BCUT2D eigenvalue weighted by Crippen LogP contribution is 2.25. The van der Waals surface area contributed by atoms with Gasteiger partial charge in [0.2, 0.25) is 0 Å². The smallest absolute Gasteiger partial charge is 0.0461 e. The third-order valence-electron chi connectivity index (χ3n) is 4.09. The molecule has 0 radical (unpaired) electrons. The van der Waals surface area contributed by atoms with Crippen LogP contribution in [-0.2, 0) is 0 Å². The van der Waals surface area contributed by atoms with Crippen molar-refractivity contribution in [2.75, 3.05) is 6.54 Å².